The number of nitrogens with two attached hydrogens (primary N) is 1. The molecule has 48 valence electrons. The van der Waals surface area contributed by atoms with Crippen molar-refractivity contribution in [1.82, 2.24) is 5.43 Å². The molecule has 0 unspecified atom stereocenters. The third-order valence-corrected chi connectivity index (χ3v) is 0.979. The summed E-state index contributed by atoms with van der Waals surface area (Å²) in [6.45, 7) is 4.52. The molecule has 2 heteroatoms. The van der Waals surface area contributed by atoms with Gasteiger partial charge in [-0.2, -0.15) is 0 Å². The Morgan fingerprint density at radius 3 is 2.75 bits per heavy atom. The van der Waals surface area contributed by atoms with Crippen molar-refractivity contribution in [3.8, 4) is 0 Å². The van der Waals surface area contributed by atoms with Crippen molar-refractivity contribution < 1.29 is 0 Å². The molecular weight excluding hydrogens is 100 g/mol. The van der Waals surface area contributed by atoms with E-state index in [0.29, 0.717) is 0 Å². The molecule has 0 fully saturated rings. The van der Waals surface area contributed by atoms with Gasteiger partial charge >= 0.3 is 0 Å². The fourth-order valence-electron chi connectivity index (χ4n) is 0.516. The Bertz CT molecular complexity index is 52.5. The molecule has 0 rings (SSSR count). The maximum atomic E-state index is 5.03. The van der Waals surface area contributed by atoms with Crippen LogP contribution < -0.4 is 11.3 Å². The summed E-state index contributed by atoms with van der Waals surface area (Å²) in [7, 11) is 0. The topological polar surface area (TPSA) is 38.0 Å². The summed E-state index contributed by atoms with van der Waals surface area (Å²) in [6.07, 6.45) is 5.36. The molecule has 0 atom stereocenters. The molecule has 0 aromatic rings. The third-order valence-electron chi connectivity index (χ3n) is 0.979. The van der Waals surface area contributed by atoms with Crippen LogP contribution in [0.3, 0.4) is 0 Å². The minimum atomic E-state index is 0.911. The van der Waals surface area contributed by atoms with Gasteiger partial charge in [-0.05, 0) is 19.3 Å². The van der Waals surface area contributed by atoms with Crippen LogP contribution in [0.15, 0.2) is 12.7 Å². The van der Waals surface area contributed by atoms with Gasteiger partial charge in [0.25, 0.3) is 0 Å². The Hall–Kier alpha value is -0.340. The maximum absolute atomic E-state index is 5.03. The van der Waals surface area contributed by atoms with E-state index < -0.39 is 0 Å². The van der Waals surface area contributed by atoms with Crippen molar-refractivity contribution >= 4 is 0 Å². The summed E-state index contributed by atoms with van der Waals surface area (Å²) in [5.74, 6) is 5.03. The standard InChI is InChI=1S/C6H14N2/c1-2-3-4-5-6-8-7/h2,8H,1,3-7H2. The lowest BCUT2D eigenvalue weighted by atomic mass is 10.2. The second-order valence-electron chi connectivity index (χ2n) is 1.74. The van der Waals surface area contributed by atoms with Crippen LogP contribution in [-0.2, 0) is 0 Å². The van der Waals surface area contributed by atoms with Crippen molar-refractivity contribution in [1.29, 1.82) is 0 Å². The SMILES string of the molecule is C=CCCCCNN. The Morgan fingerprint density at radius 1 is 1.50 bits per heavy atom. The fraction of sp³-hybridized carbons (Fsp3) is 0.667. The quantitative estimate of drug-likeness (QED) is 0.240. The molecule has 0 radical (unpaired) electrons. The van der Waals surface area contributed by atoms with Crippen LogP contribution in [0.5, 0.6) is 0 Å². The predicted molar refractivity (Wildman–Crippen MR) is 36.2 cm³/mol. The van der Waals surface area contributed by atoms with E-state index in [0.717, 1.165) is 19.4 Å². The molecule has 3 N–H and O–H groups in total. The maximum Gasteiger partial charge on any atom is 0.00975 e. The number of unbranched alkanes of at least 4 members (excludes halogenated alkanes) is 2. The molecule has 2 nitrogen and oxygen atoms in total. The average molecular weight is 114 g/mol. The van der Waals surface area contributed by atoms with Crippen LogP contribution in [0.25, 0.3) is 0 Å². The lowest BCUT2D eigenvalue weighted by Crippen LogP contribution is -2.22. The van der Waals surface area contributed by atoms with Crippen LogP contribution in [-0.4, -0.2) is 6.54 Å². The monoisotopic (exact) mass is 114 g/mol. The lowest BCUT2D eigenvalue weighted by Gasteiger charge is -1.94. The first-order valence-electron chi connectivity index (χ1n) is 2.96. The first-order valence-corrected chi connectivity index (χ1v) is 2.96. The van der Waals surface area contributed by atoms with E-state index in [1.54, 1.807) is 0 Å². The molecule has 0 amide bonds. The van der Waals surface area contributed by atoms with E-state index in [1.807, 2.05) is 6.08 Å². The number of hydrazine groups is 1. The van der Waals surface area contributed by atoms with Crippen molar-refractivity contribution in [2.24, 2.45) is 5.84 Å². The minimum Gasteiger partial charge on any atom is -0.271 e. The Labute approximate surface area is 50.7 Å². The lowest BCUT2D eigenvalue weighted by molar-refractivity contribution is 0.651. The molecular formula is C6H14N2. The summed E-state index contributed by atoms with van der Waals surface area (Å²) in [6, 6.07) is 0. The Balaban J connectivity index is 2.62. The molecule has 0 bridgehead atoms. The van der Waals surface area contributed by atoms with E-state index in [2.05, 4.69) is 12.0 Å². The van der Waals surface area contributed by atoms with Crippen LogP contribution in [0.4, 0.5) is 0 Å². The van der Waals surface area contributed by atoms with Gasteiger partial charge in [0.05, 0.1) is 0 Å². The molecule has 8 heavy (non-hydrogen) atoms. The predicted octanol–water partition coefficient (Wildman–Crippen LogP) is 0.806. The first kappa shape index (κ1) is 7.66. The highest BCUT2D eigenvalue weighted by Gasteiger charge is 1.80. The van der Waals surface area contributed by atoms with Crippen LogP contribution >= 0.6 is 0 Å². The third kappa shape index (κ3) is 5.66. The van der Waals surface area contributed by atoms with Crippen LogP contribution in [0.2, 0.25) is 0 Å². The minimum absolute atomic E-state index is 0.911. The first-order chi connectivity index (χ1) is 3.91. The highest BCUT2D eigenvalue weighted by molar-refractivity contribution is 4.65. The zero-order valence-corrected chi connectivity index (χ0v) is 5.19. The number of hydrogen-bond donors (Lipinski definition) is 2. The largest absolute Gasteiger partial charge is 0.271 e. The molecule has 0 aliphatic rings. The molecule has 0 aliphatic carbocycles. The highest BCUT2D eigenvalue weighted by atomic mass is 15.2. The van der Waals surface area contributed by atoms with Gasteiger partial charge in [-0.1, -0.05) is 6.08 Å². The summed E-state index contributed by atoms with van der Waals surface area (Å²) in [5, 5.41) is 0. The molecule has 0 aromatic heterocycles. The second-order valence-corrected chi connectivity index (χ2v) is 1.74. The van der Waals surface area contributed by atoms with E-state index >= 15 is 0 Å². The molecule has 0 aliphatic heterocycles. The van der Waals surface area contributed by atoms with E-state index in [4.69, 9.17) is 5.84 Å². The normalized spacial score (nSPS) is 9.12. The number of rotatable bonds is 5. The van der Waals surface area contributed by atoms with Gasteiger partial charge in [0.15, 0.2) is 0 Å². The number of allylic oxidation sites excluding steroid dienone is 1. The van der Waals surface area contributed by atoms with Gasteiger partial charge in [0, 0.05) is 6.54 Å². The van der Waals surface area contributed by atoms with Crippen LogP contribution in [0, 0.1) is 0 Å². The molecule has 0 spiro atoms. The van der Waals surface area contributed by atoms with Crippen molar-refractivity contribution in [3.05, 3.63) is 12.7 Å². The van der Waals surface area contributed by atoms with Gasteiger partial charge in [0.2, 0.25) is 0 Å². The van der Waals surface area contributed by atoms with E-state index in [9.17, 15) is 0 Å². The Kier molecular flexibility index (Phi) is 6.38. The zero-order chi connectivity index (χ0) is 6.24. The van der Waals surface area contributed by atoms with Crippen molar-refractivity contribution in [2.45, 2.75) is 19.3 Å². The molecule has 0 saturated carbocycles. The molecule has 0 aromatic carbocycles. The van der Waals surface area contributed by atoms with Crippen molar-refractivity contribution in [2.75, 3.05) is 6.54 Å². The Morgan fingerprint density at radius 2 is 2.25 bits per heavy atom. The zero-order valence-electron chi connectivity index (χ0n) is 5.19. The smallest absolute Gasteiger partial charge is 0.00975 e. The summed E-state index contributed by atoms with van der Waals surface area (Å²) < 4.78 is 0. The molecule has 0 heterocycles. The van der Waals surface area contributed by atoms with Gasteiger partial charge < -0.3 is 0 Å². The van der Waals surface area contributed by atoms with Gasteiger partial charge in [0.1, 0.15) is 0 Å². The van der Waals surface area contributed by atoms with Crippen molar-refractivity contribution in [3.63, 3.8) is 0 Å². The average Bonchev–Trinajstić information content (AvgIpc) is 1.81. The highest BCUT2D eigenvalue weighted by Crippen LogP contribution is 1.92. The second kappa shape index (κ2) is 6.66. The fourth-order valence-corrected chi connectivity index (χ4v) is 0.516. The summed E-state index contributed by atoms with van der Waals surface area (Å²) >= 11 is 0. The van der Waals surface area contributed by atoms with E-state index in [-0.39, 0.29) is 0 Å². The van der Waals surface area contributed by atoms with Gasteiger partial charge in [-0.15, -0.1) is 6.58 Å². The van der Waals surface area contributed by atoms with Gasteiger partial charge in [-0.25, -0.2) is 0 Å². The van der Waals surface area contributed by atoms with Crippen LogP contribution in [0.1, 0.15) is 19.3 Å². The van der Waals surface area contributed by atoms with Gasteiger partial charge in [-0.3, -0.25) is 11.3 Å². The summed E-state index contributed by atoms with van der Waals surface area (Å²) in [4.78, 5) is 0. The summed E-state index contributed by atoms with van der Waals surface area (Å²) in [5.41, 5.74) is 2.59. The molecule has 0 saturated heterocycles. The van der Waals surface area contributed by atoms with E-state index in [1.165, 1.54) is 6.42 Å². The number of hydrogen-bond acceptors (Lipinski definition) is 2. The number of nitrogens with one attached hydrogen (secondary N) is 1.